The minimum absolute atomic E-state index is 0.265. The first-order valence-electron chi connectivity index (χ1n) is 11.4. The number of nitrogens with zero attached hydrogens (tertiary/aromatic N) is 2. The summed E-state index contributed by atoms with van der Waals surface area (Å²) in [4.78, 5) is 33.8. The first-order valence-corrected chi connectivity index (χ1v) is 11.4. The standard InChI is InChI=1S/C28H26N4O3/c1-3-16-35-28(34)21-12-14-23(15-13-21)32-27(33)22-10-7-11-24(17-22)31-26-18-25(29-19(2)30-26)20-8-5-4-6-9-20/h4-15,17-18H,3,16H2,1-2H3,(H,32,33)(H,29,30,31). The van der Waals surface area contributed by atoms with Gasteiger partial charge in [-0.25, -0.2) is 14.8 Å². The topological polar surface area (TPSA) is 93.2 Å². The van der Waals surface area contributed by atoms with Gasteiger partial charge in [-0.15, -0.1) is 0 Å². The van der Waals surface area contributed by atoms with Gasteiger partial charge in [-0.05, 0) is 55.8 Å². The van der Waals surface area contributed by atoms with Crippen molar-refractivity contribution < 1.29 is 14.3 Å². The molecule has 176 valence electrons. The Morgan fingerprint density at radius 2 is 1.60 bits per heavy atom. The number of rotatable bonds is 8. The molecule has 0 spiro atoms. The lowest BCUT2D eigenvalue weighted by Crippen LogP contribution is -2.12. The Morgan fingerprint density at radius 1 is 0.829 bits per heavy atom. The maximum absolute atomic E-state index is 12.8. The first kappa shape index (κ1) is 23.6. The number of aromatic nitrogens is 2. The number of carbonyl (C=O) groups is 2. The average Bonchev–Trinajstić information content (AvgIpc) is 2.88. The number of amides is 1. The molecular formula is C28H26N4O3. The molecule has 4 rings (SSSR count). The van der Waals surface area contributed by atoms with Crippen molar-refractivity contribution in [3.63, 3.8) is 0 Å². The SMILES string of the molecule is CCCOC(=O)c1ccc(NC(=O)c2cccc(Nc3cc(-c4ccccc4)nc(C)n3)c2)cc1. The second-order valence-corrected chi connectivity index (χ2v) is 7.92. The fourth-order valence-corrected chi connectivity index (χ4v) is 3.45. The lowest BCUT2D eigenvalue weighted by atomic mass is 10.1. The molecule has 1 heterocycles. The quantitative estimate of drug-likeness (QED) is 0.309. The number of hydrogen-bond acceptors (Lipinski definition) is 6. The fraction of sp³-hybridized carbons (Fsp3) is 0.143. The van der Waals surface area contributed by atoms with Crippen molar-refractivity contribution in [1.29, 1.82) is 0 Å². The summed E-state index contributed by atoms with van der Waals surface area (Å²) < 4.78 is 5.13. The van der Waals surface area contributed by atoms with E-state index in [-0.39, 0.29) is 11.9 Å². The van der Waals surface area contributed by atoms with Crippen molar-refractivity contribution in [1.82, 2.24) is 9.97 Å². The molecule has 7 nitrogen and oxygen atoms in total. The van der Waals surface area contributed by atoms with Crippen LogP contribution >= 0.6 is 0 Å². The maximum atomic E-state index is 12.8. The molecule has 0 bridgehead atoms. The number of benzene rings is 3. The van der Waals surface area contributed by atoms with E-state index < -0.39 is 0 Å². The molecule has 35 heavy (non-hydrogen) atoms. The number of nitrogens with one attached hydrogen (secondary N) is 2. The Labute approximate surface area is 204 Å². The van der Waals surface area contributed by atoms with Crippen molar-refractivity contribution in [2.24, 2.45) is 0 Å². The molecule has 0 aliphatic heterocycles. The molecular weight excluding hydrogens is 440 g/mol. The Morgan fingerprint density at radius 3 is 2.34 bits per heavy atom. The predicted molar refractivity (Wildman–Crippen MR) is 137 cm³/mol. The summed E-state index contributed by atoms with van der Waals surface area (Å²) in [7, 11) is 0. The van der Waals surface area contributed by atoms with Crippen LogP contribution in [-0.4, -0.2) is 28.5 Å². The Kier molecular flexibility index (Phi) is 7.47. The van der Waals surface area contributed by atoms with Gasteiger partial charge in [0.15, 0.2) is 0 Å². The summed E-state index contributed by atoms with van der Waals surface area (Å²) in [6.07, 6.45) is 0.763. The summed E-state index contributed by atoms with van der Waals surface area (Å²) in [5, 5.41) is 6.12. The summed E-state index contributed by atoms with van der Waals surface area (Å²) in [6, 6.07) is 25.5. The summed E-state index contributed by atoms with van der Waals surface area (Å²) >= 11 is 0. The Hall–Kier alpha value is -4.52. The third-order valence-electron chi connectivity index (χ3n) is 5.12. The summed E-state index contributed by atoms with van der Waals surface area (Å²) in [5.74, 6) is 0.641. The van der Waals surface area contributed by atoms with E-state index in [2.05, 4.69) is 20.6 Å². The van der Waals surface area contributed by atoms with Gasteiger partial charge in [0.25, 0.3) is 5.91 Å². The van der Waals surface area contributed by atoms with Gasteiger partial charge in [0.2, 0.25) is 0 Å². The lowest BCUT2D eigenvalue weighted by molar-refractivity contribution is 0.0505. The Bertz CT molecular complexity index is 1320. The highest BCUT2D eigenvalue weighted by atomic mass is 16.5. The number of carbonyl (C=O) groups excluding carboxylic acids is 2. The molecule has 0 atom stereocenters. The molecule has 0 saturated heterocycles. The number of aryl methyl sites for hydroxylation is 1. The monoisotopic (exact) mass is 466 g/mol. The van der Waals surface area contributed by atoms with Gasteiger partial charge < -0.3 is 15.4 Å². The van der Waals surface area contributed by atoms with E-state index in [4.69, 9.17) is 4.74 Å². The van der Waals surface area contributed by atoms with E-state index in [9.17, 15) is 9.59 Å². The highest BCUT2D eigenvalue weighted by Crippen LogP contribution is 2.23. The minimum atomic E-state index is -0.376. The van der Waals surface area contributed by atoms with Crippen LogP contribution < -0.4 is 10.6 Å². The van der Waals surface area contributed by atoms with Crippen LogP contribution in [0, 0.1) is 6.92 Å². The molecule has 4 aromatic rings. The van der Waals surface area contributed by atoms with Crippen molar-refractivity contribution in [2.75, 3.05) is 17.2 Å². The zero-order valence-corrected chi connectivity index (χ0v) is 19.6. The van der Waals surface area contributed by atoms with E-state index in [1.54, 1.807) is 42.5 Å². The number of ether oxygens (including phenoxy) is 1. The zero-order chi connectivity index (χ0) is 24.6. The molecule has 3 aromatic carbocycles. The second kappa shape index (κ2) is 11.1. The highest BCUT2D eigenvalue weighted by molar-refractivity contribution is 6.05. The minimum Gasteiger partial charge on any atom is -0.462 e. The van der Waals surface area contributed by atoms with Crippen LogP contribution in [0.3, 0.4) is 0 Å². The van der Waals surface area contributed by atoms with Gasteiger partial charge in [-0.1, -0.05) is 43.3 Å². The molecule has 2 N–H and O–H groups in total. The Balaban J connectivity index is 1.45. The van der Waals surface area contributed by atoms with Crippen LogP contribution in [-0.2, 0) is 4.74 Å². The van der Waals surface area contributed by atoms with E-state index in [0.717, 1.165) is 23.4 Å². The average molecular weight is 467 g/mol. The van der Waals surface area contributed by atoms with Gasteiger partial charge in [0.05, 0.1) is 17.9 Å². The number of hydrogen-bond donors (Lipinski definition) is 2. The van der Waals surface area contributed by atoms with Crippen molar-refractivity contribution in [3.8, 4) is 11.3 Å². The molecule has 7 heteroatoms. The lowest BCUT2D eigenvalue weighted by Gasteiger charge is -2.11. The predicted octanol–water partition coefficient (Wildman–Crippen LogP) is 6.01. The van der Waals surface area contributed by atoms with Crippen LogP contribution in [0.4, 0.5) is 17.2 Å². The van der Waals surface area contributed by atoms with Crippen molar-refractivity contribution in [2.45, 2.75) is 20.3 Å². The highest BCUT2D eigenvalue weighted by Gasteiger charge is 2.11. The van der Waals surface area contributed by atoms with E-state index in [1.807, 2.05) is 56.3 Å². The fourth-order valence-electron chi connectivity index (χ4n) is 3.45. The van der Waals surface area contributed by atoms with Gasteiger partial charge in [0, 0.05) is 28.6 Å². The molecule has 0 aliphatic carbocycles. The first-order chi connectivity index (χ1) is 17.0. The van der Waals surface area contributed by atoms with Gasteiger partial charge in [-0.3, -0.25) is 4.79 Å². The molecule has 0 fully saturated rings. The molecule has 1 aromatic heterocycles. The molecule has 0 aliphatic rings. The van der Waals surface area contributed by atoms with Crippen LogP contribution in [0.2, 0.25) is 0 Å². The van der Waals surface area contributed by atoms with Crippen molar-refractivity contribution in [3.05, 3.63) is 102 Å². The van der Waals surface area contributed by atoms with Crippen molar-refractivity contribution >= 4 is 29.1 Å². The van der Waals surface area contributed by atoms with Crippen LogP contribution in [0.5, 0.6) is 0 Å². The van der Waals surface area contributed by atoms with Crippen LogP contribution in [0.1, 0.15) is 39.9 Å². The van der Waals surface area contributed by atoms with Crippen LogP contribution in [0.15, 0.2) is 84.9 Å². The zero-order valence-electron chi connectivity index (χ0n) is 19.6. The van der Waals surface area contributed by atoms with Gasteiger partial charge in [0.1, 0.15) is 11.6 Å². The van der Waals surface area contributed by atoms with Gasteiger partial charge in [-0.2, -0.15) is 0 Å². The van der Waals surface area contributed by atoms with Gasteiger partial charge >= 0.3 is 5.97 Å². The molecule has 1 amide bonds. The second-order valence-electron chi connectivity index (χ2n) is 7.92. The third-order valence-corrected chi connectivity index (χ3v) is 5.12. The summed E-state index contributed by atoms with van der Waals surface area (Å²) in [5.41, 5.74) is 4.05. The molecule has 0 radical (unpaired) electrons. The number of anilines is 3. The van der Waals surface area contributed by atoms with E-state index in [0.29, 0.717) is 35.1 Å². The smallest absolute Gasteiger partial charge is 0.338 e. The molecule has 0 unspecified atom stereocenters. The van der Waals surface area contributed by atoms with Crippen LogP contribution in [0.25, 0.3) is 11.3 Å². The van der Waals surface area contributed by atoms with E-state index >= 15 is 0 Å². The third kappa shape index (κ3) is 6.29. The maximum Gasteiger partial charge on any atom is 0.338 e. The van der Waals surface area contributed by atoms with E-state index in [1.165, 1.54) is 0 Å². The number of esters is 1. The summed E-state index contributed by atoms with van der Waals surface area (Å²) in [6.45, 7) is 4.16. The molecule has 0 saturated carbocycles. The largest absolute Gasteiger partial charge is 0.462 e. The normalized spacial score (nSPS) is 10.5.